The van der Waals surface area contributed by atoms with E-state index < -0.39 is 0 Å². The summed E-state index contributed by atoms with van der Waals surface area (Å²) in [7, 11) is 0. The van der Waals surface area contributed by atoms with E-state index in [4.69, 9.17) is 11.6 Å². The van der Waals surface area contributed by atoms with E-state index in [2.05, 4.69) is 5.32 Å². The van der Waals surface area contributed by atoms with Gasteiger partial charge in [-0.3, -0.25) is 0 Å². The zero-order valence-corrected chi connectivity index (χ0v) is 9.48. The lowest BCUT2D eigenvalue weighted by Gasteiger charge is -2.04. The fraction of sp³-hybridized carbons (Fsp3) is 0.0909. The number of phenols is 1. The zero-order chi connectivity index (χ0) is 10.7. The number of benzene rings is 1. The van der Waals surface area contributed by atoms with E-state index in [0.717, 1.165) is 17.3 Å². The average Bonchev–Trinajstić information content (AvgIpc) is 2.62. The summed E-state index contributed by atoms with van der Waals surface area (Å²) in [5.74, 6) is 0.268. The standard InChI is InChI=1S/C11H10ClNOS/c12-8-4-11(15-7-8)6-13-9-2-1-3-10(14)5-9/h1-5,7,13-14H,6H2. The quantitative estimate of drug-likeness (QED) is 0.856. The summed E-state index contributed by atoms with van der Waals surface area (Å²) in [6, 6.07) is 8.98. The van der Waals surface area contributed by atoms with Gasteiger partial charge in [0.05, 0.1) is 5.02 Å². The minimum Gasteiger partial charge on any atom is -0.508 e. The molecule has 4 heteroatoms. The minimum absolute atomic E-state index is 0.268. The van der Waals surface area contributed by atoms with Crippen LogP contribution in [0.25, 0.3) is 0 Å². The first-order chi connectivity index (χ1) is 7.24. The van der Waals surface area contributed by atoms with Crippen LogP contribution < -0.4 is 5.32 Å². The average molecular weight is 240 g/mol. The van der Waals surface area contributed by atoms with Gasteiger partial charge in [0.1, 0.15) is 5.75 Å². The molecule has 0 saturated carbocycles. The van der Waals surface area contributed by atoms with Gasteiger partial charge >= 0.3 is 0 Å². The molecule has 0 saturated heterocycles. The lowest BCUT2D eigenvalue weighted by atomic mass is 10.3. The smallest absolute Gasteiger partial charge is 0.117 e. The molecule has 0 spiro atoms. The number of phenolic OH excluding ortho intramolecular Hbond substituents is 1. The lowest BCUT2D eigenvalue weighted by molar-refractivity contribution is 0.475. The van der Waals surface area contributed by atoms with Crippen LogP contribution in [-0.2, 0) is 6.54 Å². The Morgan fingerprint density at radius 3 is 2.87 bits per heavy atom. The molecule has 0 amide bonds. The highest BCUT2D eigenvalue weighted by molar-refractivity contribution is 7.10. The van der Waals surface area contributed by atoms with Crippen LogP contribution in [0.15, 0.2) is 35.7 Å². The van der Waals surface area contributed by atoms with Gasteiger partial charge in [-0.15, -0.1) is 11.3 Å². The highest BCUT2D eigenvalue weighted by Crippen LogP contribution is 2.21. The van der Waals surface area contributed by atoms with Gasteiger partial charge < -0.3 is 10.4 Å². The molecule has 0 aliphatic rings. The molecule has 0 aliphatic carbocycles. The van der Waals surface area contributed by atoms with Crippen molar-refractivity contribution in [3.63, 3.8) is 0 Å². The Bertz CT molecular complexity index is 455. The highest BCUT2D eigenvalue weighted by Gasteiger charge is 1.98. The Hall–Kier alpha value is -1.19. The molecule has 1 aromatic heterocycles. The summed E-state index contributed by atoms with van der Waals surface area (Å²) >= 11 is 7.43. The number of anilines is 1. The maximum atomic E-state index is 9.26. The summed E-state index contributed by atoms with van der Waals surface area (Å²) in [5.41, 5.74) is 0.902. The molecular weight excluding hydrogens is 230 g/mol. The summed E-state index contributed by atoms with van der Waals surface area (Å²) in [6.45, 7) is 0.723. The Kier molecular flexibility index (Phi) is 3.14. The number of thiophene rings is 1. The first kappa shape index (κ1) is 10.3. The number of nitrogens with one attached hydrogen (secondary N) is 1. The molecule has 0 radical (unpaired) electrons. The summed E-state index contributed by atoms with van der Waals surface area (Å²) in [4.78, 5) is 1.17. The second-order valence-electron chi connectivity index (χ2n) is 3.14. The van der Waals surface area contributed by atoms with E-state index in [1.165, 1.54) is 4.88 Å². The number of hydrogen-bond acceptors (Lipinski definition) is 3. The molecule has 1 aromatic carbocycles. The third kappa shape index (κ3) is 2.88. The highest BCUT2D eigenvalue weighted by atomic mass is 35.5. The number of halogens is 1. The maximum absolute atomic E-state index is 9.26. The van der Waals surface area contributed by atoms with Crippen LogP contribution in [0.3, 0.4) is 0 Å². The SMILES string of the molecule is Oc1cccc(NCc2cc(Cl)cs2)c1. The van der Waals surface area contributed by atoms with E-state index in [0.29, 0.717) is 0 Å². The predicted octanol–water partition coefficient (Wildman–Crippen LogP) is 3.72. The molecule has 0 fully saturated rings. The first-order valence-corrected chi connectivity index (χ1v) is 5.75. The maximum Gasteiger partial charge on any atom is 0.117 e. The fourth-order valence-electron chi connectivity index (χ4n) is 1.25. The molecule has 2 aromatic rings. The van der Waals surface area contributed by atoms with Crippen molar-refractivity contribution in [2.24, 2.45) is 0 Å². The summed E-state index contributed by atoms with van der Waals surface area (Å²) in [6.07, 6.45) is 0. The van der Waals surface area contributed by atoms with Crippen LogP contribution in [0.5, 0.6) is 5.75 Å². The van der Waals surface area contributed by atoms with Gasteiger partial charge in [0.25, 0.3) is 0 Å². The second kappa shape index (κ2) is 4.55. The minimum atomic E-state index is 0.268. The van der Waals surface area contributed by atoms with Crippen molar-refractivity contribution in [2.75, 3.05) is 5.32 Å². The van der Waals surface area contributed by atoms with Crippen LogP contribution in [-0.4, -0.2) is 5.11 Å². The molecule has 0 aliphatic heterocycles. The topological polar surface area (TPSA) is 32.3 Å². The van der Waals surface area contributed by atoms with Gasteiger partial charge in [-0.25, -0.2) is 0 Å². The summed E-state index contributed by atoms with van der Waals surface area (Å²) < 4.78 is 0. The van der Waals surface area contributed by atoms with E-state index in [1.54, 1.807) is 29.5 Å². The molecule has 2 rings (SSSR count). The normalized spacial score (nSPS) is 10.2. The Labute approximate surface area is 97.1 Å². The largest absolute Gasteiger partial charge is 0.508 e. The molecule has 2 N–H and O–H groups in total. The third-order valence-corrected chi connectivity index (χ3v) is 3.22. The van der Waals surface area contributed by atoms with Crippen LogP contribution in [0.1, 0.15) is 4.88 Å². The fourth-order valence-corrected chi connectivity index (χ4v) is 2.26. The van der Waals surface area contributed by atoms with Crippen LogP contribution in [0.4, 0.5) is 5.69 Å². The molecule has 15 heavy (non-hydrogen) atoms. The van der Waals surface area contributed by atoms with Crippen LogP contribution >= 0.6 is 22.9 Å². The van der Waals surface area contributed by atoms with E-state index in [1.807, 2.05) is 17.5 Å². The van der Waals surface area contributed by atoms with Crippen molar-refractivity contribution in [3.05, 3.63) is 45.6 Å². The van der Waals surface area contributed by atoms with Crippen molar-refractivity contribution in [1.29, 1.82) is 0 Å². The number of aromatic hydroxyl groups is 1. The van der Waals surface area contributed by atoms with Gasteiger partial charge in [0, 0.05) is 28.6 Å². The van der Waals surface area contributed by atoms with Crippen molar-refractivity contribution >= 4 is 28.6 Å². The Morgan fingerprint density at radius 2 is 2.20 bits per heavy atom. The molecule has 0 atom stereocenters. The molecule has 78 valence electrons. The van der Waals surface area contributed by atoms with Gasteiger partial charge in [0.2, 0.25) is 0 Å². The monoisotopic (exact) mass is 239 g/mol. The third-order valence-electron chi connectivity index (χ3n) is 1.93. The van der Waals surface area contributed by atoms with Gasteiger partial charge in [0.15, 0.2) is 0 Å². The zero-order valence-electron chi connectivity index (χ0n) is 7.90. The lowest BCUT2D eigenvalue weighted by Crippen LogP contribution is -1.96. The van der Waals surface area contributed by atoms with Gasteiger partial charge in [-0.1, -0.05) is 17.7 Å². The molecule has 0 bridgehead atoms. The predicted molar refractivity (Wildman–Crippen MR) is 64.8 cm³/mol. The van der Waals surface area contributed by atoms with Crippen LogP contribution in [0, 0.1) is 0 Å². The number of hydrogen-bond donors (Lipinski definition) is 2. The van der Waals surface area contributed by atoms with Gasteiger partial charge in [-0.05, 0) is 18.2 Å². The van der Waals surface area contributed by atoms with E-state index in [-0.39, 0.29) is 5.75 Å². The Balaban J connectivity index is 1.99. The molecule has 0 unspecified atom stereocenters. The molecule has 2 nitrogen and oxygen atoms in total. The molecular formula is C11H10ClNOS. The van der Waals surface area contributed by atoms with Crippen molar-refractivity contribution in [1.82, 2.24) is 0 Å². The van der Waals surface area contributed by atoms with Crippen molar-refractivity contribution in [3.8, 4) is 5.75 Å². The van der Waals surface area contributed by atoms with Crippen molar-refractivity contribution in [2.45, 2.75) is 6.54 Å². The number of rotatable bonds is 3. The second-order valence-corrected chi connectivity index (χ2v) is 4.57. The van der Waals surface area contributed by atoms with Crippen molar-refractivity contribution < 1.29 is 5.11 Å². The van der Waals surface area contributed by atoms with E-state index >= 15 is 0 Å². The summed E-state index contributed by atoms with van der Waals surface area (Å²) in [5, 5.41) is 15.1. The van der Waals surface area contributed by atoms with E-state index in [9.17, 15) is 5.11 Å². The first-order valence-electron chi connectivity index (χ1n) is 4.50. The molecule has 1 heterocycles. The van der Waals surface area contributed by atoms with Gasteiger partial charge in [-0.2, -0.15) is 0 Å². The van der Waals surface area contributed by atoms with Crippen LogP contribution in [0.2, 0.25) is 5.02 Å². The Morgan fingerprint density at radius 1 is 1.33 bits per heavy atom.